The number of nitriles is 1. The highest BCUT2D eigenvalue weighted by atomic mass is 35.5. The zero-order chi connectivity index (χ0) is 37.2. The second kappa shape index (κ2) is 13.7. The fraction of sp³-hybridized carbons (Fsp3) is 0.486. The van der Waals surface area contributed by atoms with Crippen molar-refractivity contribution in [2.45, 2.75) is 70.3 Å². The summed E-state index contributed by atoms with van der Waals surface area (Å²) in [6, 6.07) is 2.84. The van der Waals surface area contributed by atoms with Crippen LogP contribution < -0.4 is 20.1 Å². The van der Waals surface area contributed by atoms with Crippen molar-refractivity contribution >= 4 is 60.7 Å². The van der Waals surface area contributed by atoms with Crippen LogP contribution in [0.5, 0.6) is 11.8 Å². The van der Waals surface area contributed by atoms with Gasteiger partial charge < -0.3 is 24.8 Å². The third-order valence-corrected chi connectivity index (χ3v) is 11.5. The number of ether oxygens (including phenoxy) is 3. The highest BCUT2D eigenvalue weighted by Gasteiger charge is 2.49. The molecule has 2 fully saturated rings. The van der Waals surface area contributed by atoms with Gasteiger partial charge in [0, 0.05) is 23.9 Å². The molecule has 0 saturated carbocycles. The lowest BCUT2D eigenvalue weighted by atomic mass is 9.95. The number of carbonyl (C=O) groups is 1. The Bertz CT molecular complexity index is 2130. The van der Waals surface area contributed by atoms with Gasteiger partial charge in [-0.2, -0.15) is 15.2 Å². The number of halogens is 6. The predicted molar refractivity (Wildman–Crippen MR) is 186 cm³/mol. The molecule has 0 spiro atoms. The number of aromatic nitrogens is 2. The molecule has 3 aliphatic rings. The van der Waals surface area contributed by atoms with Crippen molar-refractivity contribution in [3.63, 3.8) is 0 Å². The molecular weight excluding hydrogens is 731 g/mol. The number of nitrogen functional groups attached to an aromatic ring is 1. The van der Waals surface area contributed by atoms with Crippen LogP contribution in [0.3, 0.4) is 0 Å². The fourth-order valence-corrected chi connectivity index (χ4v) is 8.89. The van der Waals surface area contributed by atoms with Gasteiger partial charge in [-0.05, 0) is 37.9 Å². The Balaban J connectivity index is 1.46. The van der Waals surface area contributed by atoms with E-state index < -0.39 is 65.9 Å². The van der Waals surface area contributed by atoms with Crippen molar-refractivity contribution in [3.8, 4) is 29.0 Å². The van der Waals surface area contributed by atoms with E-state index in [1.54, 1.807) is 13.8 Å². The van der Waals surface area contributed by atoms with Crippen molar-refractivity contribution in [3.05, 3.63) is 34.4 Å². The molecule has 2 aromatic carbocycles. The Kier molecular flexibility index (Phi) is 9.50. The van der Waals surface area contributed by atoms with E-state index in [9.17, 15) is 23.2 Å². The van der Waals surface area contributed by atoms with Gasteiger partial charge in [0.15, 0.2) is 11.6 Å². The highest BCUT2D eigenvalue weighted by Crippen LogP contribution is 2.51. The first-order chi connectivity index (χ1) is 24.7. The van der Waals surface area contributed by atoms with Gasteiger partial charge in [0.25, 0.3) is 6.43 Å². The molecule has 5 heterocycles. The minimum atomic E-state index is -2.93. The van der Waals surface area contributed by atoms with Gasteiger partial charge >= 0.3 is 12.0 Å². The Labute approximate surface area is 304 Å². The number of esters is 1. The van der Waals surface area contributed by atoms with Crippen LogP contribution in [0.1, 0.15) is 45.6 Å². The molecule has 2 unspecified atom stereocenters. The summed E-state index contributed by atoms with van der Waals surface area (Å²) in [4.78, 5) is 24.8. The quantitative estimate of drug-likeness (QED) is 0.137. The zero-order valence-corrected chi connectivity index (χ0v) is 29.9. The number of carbonyl (C=O) groups excluding carboxylic acids is 1. The summed E-state index contributed by atoms with van der Waals surface area (Å²) < 4.78 is 93.6. The topological polar surface area (TPSA) is 127 Å². The van der Waals surface area contributed by atoms with E-state index in [-0.39, 0.29) is 85.9 Å². The summed E-state index contributed by atoms with van der Waals surface area (Å²) in [6.07, 6.45) is -3.36. The number of rotatable bonds is 9. The van der Waals surface area contributed by atoms with E-state index in [4.69, 9.17) is 31.5 Å². The number of benzene rings is 2. The Morgan fingerprint density at radius 3 is 2.73 bits per heavy atom. The number of anilines is 2. The van der Waals surface area contributed by atoms with E-state index in [2.05, 4.69) is 9.97 Å². The van der Waals surface area contributed by atoms with Crippen molar-refractivity contribution in [1.82, 2.24) is 14.9 Å². The zero-order valence-electron chi connectivity index (χ0n) is 28.3. The maximum absolute atomic E-state index is 17.2. The lowest BCUT2D eigenvalue weighted by molar-refractivity contribution is -0.153. The predicted octanol–water partition coefficient (Wildman–Crippen LogP) is 7.27. The molecule has 7 rings (SSSR count). The molecular formula is C35H34ClF5N6O4S. The molecule has 52 heavy (non-hydrogen) atoms. The summed E-state index contributed by atoms with van der Waals surface area (Å²) in [5.74, 6) is -3.24. The van der Waals surface area contributed by atoms with Crippen LogP contribution in [0.4, 0.5) is 32.8 Å². The first kappa shape index (κ1) is 36.2. The summed E-state index contributed by atoms with van der Waals surface area (Å²) in [5, 5.41) is 9.49. The number of hydrogen-bond acceptors (Lipinski definition) is 11. The number of alkyl halides is 3. The molecule has 0 amide bonds. The number of thiophene rings is 1. The van der Waals surface area contributed by atoms with Crippen LogP contribution in [0.15, 0.2) is 12.1 Å². The average Bonchev–Trinajstić information content (AvgIpc) is 3.70. The van der Waals surface area contributed by atoms with Crippen LogP contribution >= 0.6 is 22.9 Å². The number of fused-ring (bicyclic) bond motifs is 2. The van der Waals surface area contributed by atoms with Gasteiger partial charge in [-0.25, -0.2) is 22.0 Å². The largest absolute Gasteiger partial charge is 0.489 e. The fourth-order valence-electron chi connectivity index (χ4n) is 7.61. The van der Waals surface area contributed by atoms with E-state index >= 15 is 8.78 Å². The monoisotopic (exact) mass is 764 g/mol. The Morgan fingerprint density at radius 2 is 2.02 bits per heavy atom. The highest BCUT2D eigenvalue weighted by molar-refractivity contribution is 7.23. The average molecular weight is 765 g/mol. The molecule has 2 saturated heterocycles. The van der Waals surface area contributed by atoms with Crippen molar-refractivity contribution in [2.24, 2.45) is 5.92 Å². The van der Waals surface area contributed by atoms with Crippen LogP contribution in [0, 0.1) is 28.9 Å². The minimum Gasteiger partial charge on any atom is -0.489 e. The van der Waals surface area contributed by atoms with Gasteiger partial charge in [0.1, 0.15) is 59.8 Å². The van der Waals surface area contributed by atoms with Crippen molar-refractivity contribution in [2.75, 3.05) is 43.5 Å². The third-order valence-electron chi connectivity index (χ3n) is 10.1. The lowest BCUT2D eigenvalue weighted by Gasteiger charge is -2.34. The van der Waals surface area contributed by atoms with Gasteiger partial charge in [-0.15, -0.1) is 11.3 Å². The molecule has 0 aliphatic carbocycles. The summed E-state index contributed by atoms with van der Waals surface area (Å²) in [7, 11) is 0. The third kappa shape index (κ3) is 6.00. The SMILES string of the molecule is CC(C)C(=O)OC(C)C1COc2c(Cl)c(-c3ccc(F)c4sc(N)c(C#N)c34)c(F)c3nc(OC[C@@]45CCCN4C[C@H](F)C5)nc(c23)N1CC(F)F. The van der Waals surface area contributed by atoms with Gasteiger partial charge in [0.05, 0.1) is 38.7 Å². The number of nitrogens with zero attached hydrogens (tertiary/aromatic N) is 5. The maximum atomic E-state index is 17.2. The first-order valence-electron chi connectivity index (χ1n) is 16.8. The maximum Gasteiger partial charge on any atom is 0.319 e. The molecule has 4 aromatic rings. The van der Waals surface area contributed by atoms with Crippen LogP contribution in [0.2, 0.25) is 5.02 Å². The number of nitrogens with two attached hydrogens (primary N) is 1. The molecule has 0 radical (unpaired) electrons. The van der Waals surface area contributed by atoms with E-state index in [1.165, 1.54) is 17.9 Å². The Hall–Kier alpha value is -4.20. The molecule has 4 atom stereocenters. The van der Waals surface area contributed by atoms with Gasteiger partial charge in [-0.3, -0.25) is 9.69 Å². The summed E-state index contributed by atoms with van der Waals surface area (Å²) >= 11 is 7.78. The molecule has 2 aromatic heterocycles. The molecule has 17 heteroatoms. The van der Waals surface area contributed by atoms with E-state index in [1.807, 2.05) is 11.0 Å². The van der Waals surface area contributed by atoms with Crippen molar-refractivity contribution in [1.29, 1.82) is 5.26 Å². The molecule has 2 N–H and O–H groups in total. The number of hydrogen-bond donors (Lipinski definition) is 1. The van der Waals surface area contributed by atoms with E-state index in [0.717, 1.165) is 23.8 Å². The molecule has 276 valence electrons. The molecule has 3 aliphatic heterocycles. The molecule has 10 nitrogen and oxygen atoms in total. The van der Waals surface area contributed by atoms with Gasteiger partial charge in [-0.1, -0.05) is 31.5 Å². The summed E-state index contributed by atoms with van der Waals surface area (Å²) in [6.45, 7) is 4.34. The first-order valence-corrected chi connectivity index (χ1v) is 18.0. The van der Waals surface area contributed by atoms with E-state index in [0.29, 0.717) is 13.0 Å². The van der Waals surface area contributed by atoms with Crippen LogP contribution in [-0.4, -0.2) is 84.0 Å². The van der Waals surface area contributed by atoms with Crippen LogP contribution in [0.25, 0.3) is 32.1 Å². The van der Waals surface area contributed by atoms with Crippen molar-refractivity contribution < 1.29 is 41.0 Å². The lowest BCUT2D eigenvalue weighted by Crippen LogP contribution is -2.50. The summed E-state index contributed by atoms with van der Waals surface area (Å²) in [5.41, 5.74) is 4.61. The van der Waals surface area contributed by atoms with Gasteiger partial charge in [0.2, 0.25) is 0 Å². The Morgan fingerprint density at radius 1 is 1.25 bits per heavy atom. The smallest absolute Gasteiger partial charge is 0.319 e. The molecule has 0 bridgehead atoms. The minimum absolute atomic E-state index is 0.00614. The van der Waals surface area contributed by atoms with Crippen LogP contribution in [-0.2, 0) is 9.53 Å². The second-order valence-corrected chi connectivity index (χ2v) is 15.2. The normalized spacial score (nSPS) is 22.2. The second-order valence-electron chi connectivity index (χ2n) is 13.7. The standard InChI is InChI=1S/C35H34ClF5N6O4S/c1-15(2)33(48)51-16(3)21-13-49-29-25-28(27(41)24(26(29)36)18-5-6-20(38)30-23(18)19(10-42)31(43)52-30)44-34(45-32(25)47(21)12-22(39)40)50-14-35-7-4-8-46(35)11-17(37)9-35/h5-6,15-17,21-22H,4,7-9,11-14,43H2,1-3H3/t16?,17-,21?,35+/m1/s1.